The van der Waals surface area contributed by atoms with Gasteiger partial charge >= 0.3 is 16.6 Å². The van der Waals surface area contributed by atoms with Crippen molar-refractivity contribution in [3.05, 3.63) is 174 Å². The van der Waals surface area contributed by atoms with Crippen molar-refractivity contribution >= 4 is 48.4 Å². The van der Waals surface area contributed by atoms with Crippen LogP contribution >= 0.6 is 0 Å². The number of fused-ring (bicyclic) bond motifs is 1. The zero-order valence-corrected chi connectivity index (χ0v) is 34.6. The minimum atomic E-state index is -3.11. The van der Waals surface area contributed by atoms with Crippen molar-refractivity contribution in [3.8, 4) is 28.6 Å². The van der Waals surface area contributed by atoms with Gasteiger partial charge in [0.15, 0.2) is 5.76 Å². The number of aryl methyl sites for hydroxylation is 1. The number of hydrogen-bond acceptors (Lipinski definition) is 5. The Bertz CT molecular complexity index is 2390. The quantitative estimate of drug-likeness (QED) is 0.149. The topological polar surface area (TPSA) is 68.9 Å². The molecule has 7 heteroatoms. The van der Waals surface area contributed by atoms with Crippen LogP contribution in [0.2, 0.25) is 10.1 Å². The lowest BCUT2D eigenvalue weighted by atomic mass is 10.1. The summed E-state index contributed by atoms with van der Waals surface area (Å²) in [5, 5.41) is 15.8. The molecule has 278 valence electrons. The highest BCUT2D eigenvalue weighted by Gasteiger charge is 2.53. The molecular weight excluding hydrogens is 713 g/mol. The first-order chi connectivity index (χ1) is 26.3. The van der Waals surface area contributed by atoms with Gasteiger partial charge in [0.25, 0.3) is 0 Å². The predicted octanol–water partition coefficient (Wildman–Crippen LogP) is 9.35. The molecule has 0 bridgehead atoms. The summed E-state index contributed by atoms with van der Waals surface area (Å²) in [7, 11) is -5.98. The smallest absolute Gasteiger partial charge is 0.319 e. The molecule has 1 aromatic heterocycles. The first kappa shape index (κ1) is 37.7. The number of rotatable bonds is 9. The standard InChI is InChI=1S/C48H48O5Si2/c1-34-32-41-43(42(33-34)53-55(48(5,6)7,39-24-16-10-17-25-39)40-26-18-11-19-27-40)44(49)45(50)46(51-41)35-28-30-36(31-29-35)52-54(47(2,3)4,37-20-12-8-13-21-37)38-22-14-9-15-23-38/h8-33,50H,1-7H3. The van der Waals surface area contributed by atoms with Crippen molar-refractivity contribution in [2.24, 2.45) is 0 Å². The van der Waals surface area contributed by atoms with E-state index < -0.39 is 27.8 Å². The summed E-state index contributed by atoms with van der Waals surface area (Å²) in [5.41, 5.74) is 1.23. The highest BCUT2D eigenvalue weighted by Crippen LogP contribution is 2.42. The SMILES string of the molecule is Cc1cc(O[Si](c2ccccc2)(c2ccccc2)C(C)(C)C)c2c(=O)c(O)c(-c3ccc(O[Si](c4ccccc4)(c4ccccc4)C(C)(C)C)cc3)oc2c1. The van der Waals surface area contributed by atoms with E-state index in [2.05, 4.69) is 114 Å². The summed E-state index contributed by atoms with van der Waals surface area (Å²) < 4.78 is 21.0. The third-order valence-electron chi connectivity index (χ3n) is 10.6. The molecule has 0 radical (unpaired) electrons. The molecule has 7 aromatic rings. The van der Waals surface area contributed by atoms with Crippen LogP contribution in [0.3, 0.4) is 0 Å². The molecule has 7 rings (SSSR count). The van der Waals surface area contributed by atoms with E-state index in [0.29, 0.717) is 22.6 Å². The van der Waals surface area contributed by atoms with Crippen LogP contribution in [-0.2, 0) is 0 Å². The fourth-order valence-corrected chi connectivity index (χ4v) is 16.8. The van der Waals surface area contributed by atoms with Crippen LogP contribution in [0.25, 0.3) is 22.3 Å². The fraction of sp³-hybridized carbons (Fsp3) is 0.188. The lowest BCUT2D eigenvalue weighted by Crippen LogP contribution is -2.68. The van der Waals surface area contributed by atoms with E-state index >= 15 is 0 Å². The molecule has 1 heterocycles. The van der Waals surface area contributed by atoms with Crippen molar-refractivity contribution in [1.82, 2.24) is 0 Å². The summed E-state index contributed by atoms with van der Waals surface area (Å²) in [6.07, 6.45) is 0. The van der Waals surface area contributed by atoms with E-state index in [1.54, 1.807) is 0 Å². The van der Waals surface area contributed by atoms with Gasteiger partial charge in [0.2, 0.25) is 11.2 Å². The fourth-order valence-electron chi connectivity index (χ4n) is 8.00. The van der Waals surface area contributed by atoms with Gasteiger partial charge in [-0.2, -0.15) is 0 Å². The minimum absolute atomic E-state index is 0.0940. The molecule has 0 fully saturated rings. The molecule has 0 saturated heterocycles. The maximum absolute atomic E-state index is 14.3. The van der Waals surface area contributed by atoms with Crippen molar-refractivity contribution in [2.45, 2.75) is 58.5 Å². The van der Waals surface area contributed by atoms with Crippen LogP contribution in [0, 0.1) is 6.92 Å². The molecule has 0 unspecified atom stereocenters. The monoisotopic (exact) mass is 760 g/mol. The molecule has 0 saturated carbocycles. The van der Waals surface area contributed by atoms with Gasteiger partial charge in [-0.1, -0.05) is 163 Å². The summed E-state index contributed by atoms with van der Waals surface area (Å²) in [5.74, 6) is 0.715. The zero-order valence-electron chi connectivity index (χ0n) is 32.6. The molecule has 0 amide bonds. The normalized spacial score (nSPS) is 12.4. The number of hydrogen-bond donors (Lipinski definition) is 1. The summed E-state index contributed by atoms with van der Waals surface area (Å²) in [6, 6.07) is 52.7. The first-order valence-corrected chi connectivity index (χ1v) is 22.6. The number of benzene rings is 6. The van der Waals surface area contributed by atoms with Crippen molar-refractivity contribution in [3.63, 3.8) is 0 Å². The second kappa shape index (κ2) is 14.5. The Balaban J connectivity index is 1.33. The van der Waals surface area contributed by atoms with Gasteiger partial charge in [-0.3, -0.25) is 4.79 Å². The lowest BCUT2D eigenvalue weighted by molar-refractivity contribution is 0.447. The molecule has 6 aromatic carbocycles. The molecule has 0 aliphatic carbocycles. The predicted molar refractivity (Wildman–Crippen MR) is 231 cm³/mol. The largest absolute Gasteiger partial charge is 0.534 e. The molecule has 0 atom stereocenters. The van der Waals surface area contributed by atoms with Gasteiger partial charge in [0.1, 0.15) is 22.5 Å². The van der Waals surface area contributed by atoms with E-state index in [9.17, 15) is 9.90 Å². The molecule has 0 aliphatic heterocycles. The first-order valence-electron chi connectivity index (χ1n) is 18.8. The maximum Gasteiger partial charge on any atom is 0.319 e. The van der Waals surface area contributed by atoms with E-state index in [4.69, 9.17) is 13.3 Å². The van der Waals surface area contributed by atoms with Crippen LogP contribution in [-0.4, -0.2) is 21.7 Å². The van der Waals surface area contributed by atoms with Gasteiger partial charge in [-0.15, -0.1) is 0 Å². The van der Waals surface area contributed by atoms with Crippen molar-refractivity contribution in [1.29, 1.82) is 0 Å². The van der Waals surface area contributed by atoms with Crippen LogP contribution in [0.1, 0.15) is 47.1 Å². The highest BCUT2D eigenvalue weighted by molar-refractivity contribution is 7.00. The van der Waals surface area contributed by atoms with Crippen LogP contribution < -0.4 is 35.0 Å². The molecule has 5 nitrogen and oxygen atoms in total. The average Bonchev–Trinajstić information content (AvgIpc) is 3.18. The minimum Gasteiger partial charge on any atom is -0.534 e. The maximum atomic E-state index is 14.3. The Morgan fingerprint density at radius 2 is 0.945 bits per heavy atom. The third-order valence-corrected chi connectivity index (χ3v) is 20.4. The van der Waals surface area contributed by atoms with E-state index in [0.717, 1.165) is 15.9 Å². The van der Waals surface area contributed by atoms with E-state index in [1.807, 2.05) is 91.9 Å². The van der Waals surface area contributed by atoms with Crippen LogP contribution in [0.5, 0.6) is 17.2 Å². The summed E-state index contributed by atoms with van der Waals surface area (Å²) in [4.78, 5) is 14.3. The van der Waals surface area contributed by atoms with Crippen molar-refractivity contribution < 1.29 is 18.4 Å². The van der Waals surface area contributed by atoms with E-state index in [-0.39, 0.29) is 21.2 Å². The zero-order chi connectivity index (χ0) is 39.0. The van der Waals surface area contributed by atoms with Gasteiger partial charge in [-0.05, 0) is 79.7 Å². The van der Waals surface area contributed by atoms with Gasteiger partial charge in [0, 0.05) is 5.56 Å². The summed E-state index contributed by atoms with van der Waals surface area (Å²) in [6.45, 7) is 15.2. The second-order valence-corrected chi connectivity index (χ2v) is 24.7. The average molecular weight is 761 g/mol. The van der Waals surface area contributed by atoms with Crippen molar-refractivity contribution in [2.75, 3.05) is 0 Å². The molecular formula is C48H48O5Si2. The number of aromatic hydroxyl groups is 1. The lowest BCUT2D eigenvalue weighted by Gasteiger charge is -2.43. The molecule has 0 aliphatic rings. The molecule has 1 N–H and O–H groups in total. The van der Waals surface area contributed by atoms with Gasteiger partial charge < -0.3 is 18.4 Å². The van der Waals surface area contributed by atoms with E-state index in [1.165, 1.54) is 10.4 Å². The molecule has 0 spiro atoms. The molecule has 55 heavy (non-hydrogen) atoms. The Morgan fingerprint density at radius 1 is 0.545 bits per heavy atom. The Hall–Kier alpha value is -5.64. The van der Waals surface area contributed by atoms with Crippen LogP contribution in [0.15, 0.2) is 167 Å². The Morgan fingerprint density at radius 3 is 1.35 bits per heavy atom. The second-order valence-electron chi connectivity index (χ2n) is 16.3. The highest BCUT2D eigenvalue weighted by atomic mass is 28.4. The third kappa shape index (κ3) is 6.72. The summed E-state index contributed by atoms with van der Waals surface area (Å²) >= 11 is 0. The Kier molecular flexibility index (Phi) is 9.96. The van der Waals surface area contributed by atoms with Gasteiger partial charge in [0.05, 0.1) is 0 Å². The Labute approximate surface area is 326 Å². The van der Waals surface area contributed by atoms with Crippen LogP contribution in [0.4, 0.5) is 0 Å². The van der Waals surface area contributed by atoms with Gasteiger partial charge in [-0.25, -0.2) is 0 Å².